The van der Waals surface area contributed by atoms with Gasteiger partial charge in [-0.1, -0.05) is 0 Å². The maximum Gasteiger partial charge on any atom is 0.308 e. The van der Waals surface area contributed by atoms with Crippen molar-refractivity contribution in [1.29, 1.82) is 0 Å². The lowest BCUT2D eigenvalue weighted by molar-refractivity contribution is -0.131. The Morgan fingerprint density at radius 3 is 3.00 bits per heavy atom. The van der Waals surface area contributed by atoms with Gasteiger partial charge in [0.1, 0.15) is 11.5 Å². The van der Waals surface area contributed by atoms with Crippen molar-refractivity contribution in [3.05, 3.63) is 23.3 Å². The molecular weight excluding hydrogens is 196 g/mol. The van der Waals surface area contributed by atoms with Crippen molar-refractivity contribution in [3.63, 3.8) is 0 Å². The lowest BCUT2D eigenvalue weighted by Crippen LogP contribution is -2.04. The van der Waals surface area contributed by atoms with Crippen LogP contribution in [-0.4, -0.2) is 18.9 Å². The Morgan fingerprint density at radius 2 is 2.33 bits per heavy atom. The molecule has 4 nitrogen and oxygen atoms in total. The van der Waals surface area contributed by atoms with Gasteiger partial charge in [0.05, 0.1) is 12.2 Å². The van der Waals surface area contributed by atoms with Crippen molar-refractivity contribution in [2.45, 2.75) is 13.3 Å². The van der Waals surface area contributed by atoms with Gasteiger partial charge in [0.15, 0.2) is 6.29 Å². The van der Waals surface area contributed by atoms with E-state index in [0.717, 1.165) is 12.0 Å². The highest BCUT2D eigenvalue weighted by molar-refractivity contribution is 5.83. The quantitative estimate of drug-likeness (QED) is 0.416. The van der Waals surface area contributed by atoms with Crippen molar-refractivity contribution >= 4 is 12.3 Å². The third kappa shape index (κ3) is 1.83. The average molecular weight is 206 g/mol. The van der Waals surface area contributed by atoms with Crippen LogP contribution in [0.4, 0.5) is 0 Å². The van der Waals surface area contributed by atoms with Crippen LogP contribution in [0.25, 0.3) is 0 Å². The van der Waals surface area contributed by atoms with Crippen LogP contribution in [0.2, 0.25) is 0 Å². The molecule has 0 bridgehead atoms. The molecule has 0 amide bonds. The van der Waals surface area contributed by atoms with Gasteiger partial charge in [0.2, 0.25) is 0 Å². The van der Waals surface area contributed by atoms with Crippen LogP contribution in [0.5, 0.6) is 11.5 Å². The molecular formula is C11H10O4. The number of hydrogen-bond acceptors (Lipinski definition) is 4. The van der Waals surface area contributed by atoms with E-state index in [0.29, 0.717) is 30.0 Å². The summed E-state index contributed by atoms with van der Waals surface area (Å²) in [6.07, 6.45) is 1.43. The predicted octanol–water partition coefficient (Wildman–Crippen LogP) is 1.36. The molecule has 0 aromatic heterocycles. The van der Waals surface area contributed by atoms with E-state index in [2.05, 4.69) is 0 Å². The van der Waals surface area contributed by atoms with Gasteiger partial charge in [-0.3, -0.25) is 9.59 Å². The molecule has 1 aliphatic rings. The Labute approximate surface area is 86.8 Å². The summed E-state index contributed by atoms with van der Waals surface area (Å²) in [5.74, 6) is 0.576. The van der Waals surface area contributed by atoms with Gasteiger partial charge in [-0.05, 0) is 12.1 Å². The molecule has 4 heteroatoms. The number of aldehydes is 1. The molecule has 0 atom stereocenters. The van der Waals surface area contributed by atoms with E-state index in [1.807, 2.05) is 0 Å². The van der Waals surface area contributed by atoms with Crippen LogP contribution in [0.1, 0.15) is 22.8 Å². The molecule has 0 N–H and O–H groups in total. The second-order valence-electron chi connectivity index (χ2n) is 3.31. The van der Waals surface area contributed by atoms with Crippen molar-refractivity contribution in [1.82, 2.24) is 0 Å². The van der Waals surface area contributed by atoms with Crippen LogP contribution in [-0.2, 0) is 11.2 Å². The van der Waals surface area contributed by atoms with Gasteiger partial charge in [-0.15, -0.1) is 0 Å². The molecule has 1 heterocycles. The normalized spacial score (nSPS) is 12.9. The Balaban J connectivity index is 2.43. The molecule has 0 saturated heterocycles. The van der Waals surface area contributed by atoms with E-state index < -0.39 is 5.97 Å². The fraction of sp³-hybridized carbons (Fsp3) is 0.273. The zero-order valence-electron chi connectivity index (χ0n) is 8.28. The van der Waals surface area contributed by atoms with Crippen molar-refractivity contribution in [3.8, 4) is 11.5 Å². The first-order chi connectivity index (χ1) is 7.20. The Bertz CT molecular complexity index is 423. The lowest BCUT2D eigenvalue weighted by Gasteiger charge is -2.06. The smallest absolute Gasteiger partial charge is 0.308 e. The van der Waals surface area contributed by atoms with Crippen molar-refractivity contribution < 1.29 is 19.1 Å². The third-order valence-corrected chi connectivity index (χ3v) is 2.20. The second kappa shape index (κ2) is 3.73. The van der Waals surface area contributed by atoms with Crippen LogP contribution in [0.15, 0.2) is 12.1 Å². The zero-order valence-corrected chi connectivity index (χ0v) is 8.28. The highest BCUT2D eigenvalue weighted by Crippen LogP contribution is 2.31. The van der Waals surface area contributed by atoms with E-state index in [-0.39, 0.29) is 0 Å². The molecule has 0 spiro atoms. The standard InChI is InChI=1S/C11H10O4/c1-7(13)15-11-4-8-2-3-14-10(8)5-9(11)6-12/h4-6H,2-3H2,1H3. The van der Waals surface area contributed by atoms with E-state index in [4.69, 9.17) is 9.47 Å². The van der Waals surface area contributed by atoms with Gasteiger partial charge < -0.3 is 9.47 Å². The molecule has 0 radical (unpaired) electrons. The van der Waals surface area contributed by atoms with Gasteiger partial charge in [-0.2, -0.15) is 0 Å². The van der Waals surface area contributed by atoms with Gasteiger partial charge in [0, 0.05) is 18.9 Å². The first-order valence-electron chi connectivity index (χ1n) is 4.64. The number of carbonyl (C=O) groups excluding carboxylic acids is 2. The van der Waals surface area contributed by atoms with Gasteiger partial charge in [0.25, 0.3) is 0 Å². The summed E-state index contributed by atoms with van der Waals surface area (Å²) in [6, 6.07) is 3.29. The minimum Gasteiger partial charge on any atom is -0.493 e. The SMILES string of the molecule is CC(=O)Oc1cc2c(cc1C=O)OCC2. The van der Waals surface area contributed by atoms with E-state index in [1.54, 1.807) is 12.1 Å². The Hall–Kier alpha value is -1.84. The average Bonchev–Trinajstić information content (AvgIpc) is 2.62. The largest absolute Gasteiger partial charge is 0.493 e. The van der Waals surface area contributed by atoms with E-state index in [1.165, 1.54) is 6.92 Å². The lowest BCUT2D eigenvalue weighted by atomic mass is 10.1. The van der Waals surface area contributed by atoms with Crippen molar-refractivity contribution in [2.24, 2.45) is 0 Å². The number of fused-ring (bicyclic) bond motifs is 1. The molecule has 1 aliphatic heterocycles. The Morgan fingerprint density at radius 1 is 1.53 bits per heavy atom. The molecule has 0 saturated carbocycles. The van der Waals surface area contributed by atoms with Crippen LogP contribution in [0.3, 0.4) is 0 Å². The van der Waals surface area contributed by atoms with Crippen LogP contribution < -0.4 is 9.47 Å². The zero-order chi connectivity index (χ0) is 10.8. The summed E-state index contributed by atoms with van der Waals surface area (Å²) in [5.41, 5.74) is 1.31. The van der Waals surface area contributed by atoms with Gasteiger partial charge >= 0.3 is 5.97 Å². The summed E-state index contributed by atoms with van der Waals surface area (Å²) < 4.78 is 10.2. The molecule has 1 aromatic rings. The maximum atomic E-state index is 10.8. The fourth-order valence-corrected chi connectivity index (χ4v) is 1.55. The molecule has 2 rings (SSSR count). The number of hydrogen-bond donors (Lipinski definition) is 0. The van der Waals surface area contributed by atoms with Gasteiger partial charge in [-0.25, -0.2) is 0 Å². The highest BCUT2D eigenvalue weighted by Gasteiger charge is 2.17. The first-order valence-corrected chi connectivity index (χ1v) is 4.64. The highest BCUT2D eigenvalue weighted by atomic mass is 16.5. The summed E-state index contributed by atoms with van der Waals surface area (Å²) in [7, 11) is 0. The third-order valence-electron chi connectivity index (χ3n) is 2.20. The van der Waals surface area contributed by atoms with Crippen LogP contribution >= 0.6 is 0 Å². The molecule has 1 aromatic carbocycles. The number of benzene rings is 1. The van der Waals surface area contributed by atoms with Crippen molar-refractivity contribution in [2.75, 3.05) is 6.61 Å². The monoisotopic (exact) mass is 206 g/mol. The molecule has 0 unspecified atom stereocenters. The topological polar surface area (TPSA) is 52.6 Å². The summed E-state index contributed by atoms with van der Waals surface area (Å²) in [6.45, 7) is 1.91. The maximum absolute atomic E-state index is 10.8. The summed E-state index contributed by atoms with van der Waals surface area (Å²) in [5, 5.41) is 0. The fourth-order valence-electron chi connectivity index (χ4n) is 1.55. The van der Waals surface area contributed by atoms with E-state index in [9.17, 15) is 9.59 Å². The molecule has 0 fully saturated rings. The minimum atomic E-state index is -0.433. The Kier molecular flexibility index (Phi) is 2.41. The molecule has 78 valence electrons. The summed E-state index contributed by atoms with van der Waals surface area (Å²) >= 11 is 0. The number of carbonyl (C=O) groups is 2. The van der Waals surface area contributed by atoms with Crippen LogP contribution in [0, 0.1) is 0 Å². The summed E-state index contributed by atoms with van der Waals surface area (Å²) in [4.78, 5) is 21.6. The molecule has 0 aliphatic carbocycles. The number of rotatable bonds is 2. The number of ether oxygens (including phenoxy) is 2. The first kappa shape index (κ1) is 9.71. The number of esters is 1. The second-order valence-corrected chi connectivity index (χ2v) is 3.31. The predicted molar refractivity (Wildman–Crippen MR) is 52.3 cm³/mol. The van der Waals surface area contributed by atoms with E-state index >= 15 is 0 Å². The minimum absolute atomic E-state index is 0.307. The molecule has 15 heavy (non-hydrogen) atoms.